The number of ether oxygens (including phenoxy) is 4. The smallest absolute Gasteiger partial charge is 0.416 e. The first-order valence-electron chi connectivity index (χ1n) is 12.9. The molecule has 6 rings (SSSR count). The molecule has 14 heteroatoms. The van der Waals surface area contributed by atoms with Crippen molar-refractivity contribution in [2.45, 2.75) is 37.1 Å². The molecule has 3 fully saturated rings. The van der Waals surface area contributed by atoms with Gasteiger partial charge in [-0.2, -0.15) is 13.2 Å². The lowest BCUT2D eigenvalue weighted by atomic mass is 10.1. The molecule has 0 radical (unpaired) electrons. The summed E-state index contributed by atoms with van der Waals surface area (Å²) in [6.07, 6.45) is -7.23. The number of tetrazole rings is 1. The number of carbonyl (C=O) groups excluding carboxylic acids is 1. The number of halogens is 3. The van der Waals surface area contributed by atoms with Crippen LogP contribution in [0.1, 0.15) is 17.2 Å². The first-order valence-corrected chi connectivity index (χ1v) is 12.9. The van der Waals surface area contributed by atoms with Gasteiger partial charge in [0.1, 0.15) is 18.2 Å². The van der Waals surface area contributed by atoms with Crippen molar-refractivity contribution in [2.24, 2.45) is 0 Å². The molecular formula is C26H27F3N6O5. The first-order chi connectivity index (χ1) is 19.3. The maximum atomic E-state index is 13.0. The molecule has 212 valence electrons. The van der Waals surface area contributed by atoms with Crippen LogP contribution in [-0.2, 0) is 31.7 Å². The summed E-state index contributed by atoms with van der Waals surface area (Å²) in [5.41, 5.74) is 1.11. The summed E-state index contributed by atoms with van der Waals surface area (Å²) in [4.78, 5) is 14.8. The number of benzene rings is 2. The molecule has 3 saturated heterocycles. The van der Waals surface area contributed by atoms with E-state index in [0.717, 1.165) is 50.5 Å². The molecule has 3 aliphatic rings. The average molecular weight is 561 g/mol. The SMILES string of the molecule is O=C(Nc1cccc(C(F)(F)F)c1)O[C@@H]1CO[C@H]2[C@@H]1OC[C@@H]2n1nnnc1-c1ccc(CN2CCOCC2)cc1. The van der Waals surface area contributed by atoms with Crippen LogP contribution in [0.15, 0.2) is 48.5 Å². The normalized spacial score (nSPS) is 25.1. The van der Waals surface area contributed by atoms with Gasteiger partial charge in [-0.15, -0.1) is 5.10 Å². The highest BCUT2D eigenvalue weighted by molar-refractivity contribution is 5.84. The fourth-order valence-electron chi connectivity index (χ4n) is 5.20. The van der Waals surface area contributed by atoms with E-state index in [-0.39, 0.29) is 24.9 Å². The minimum Gasteiger partial charge on any atom is -0.441 e. The van der Waals surface area contributed by atoms with Crippen molar-refractivity contribution in [3.05, 3.63) is 59.7 Å². The number of morpholine rings is 1. The van der Waals surface area contributed by atoms with Crippen molar-refractivity contribution >= 4 is 11.8 Å². The van der Waals surface area contributed by atoms with Gasteiger partial charge in [-0.05, 0) is 34.2 Å². The minimum atomic E-state index is -4.53. The van der Waals surface area contributed by atoms with E-state index in [9.17, 15) is 18.0 Å². The quantitative estimate of drug-likeness (QED) is 0.486. The van der Waals surface area contributed by atoms with Crippen molar-refractivity contribution in [2.75, 3.05) is 44.8 Å². The Kier molecular flexibility index (Phi) is 7.40. The van der Waals surface area contributed by atoms with Crippen molar-refractivity contribution in [3.8, 4) is 11.4 Å². The molecule has 0 bridgehead atoms. The van der Waals surface area contributed by atoms with Crippen LogP contribution in [0.4, 0.5) is 23.7 Å². The number of fused-ring (bicyclic) bond motifs is 1. The van der Waals surface area contributed by atoms with Gasteiger partial charge in [0, 0.05) is 30.9 Å². The fraction of sp³-hybridized carbons (Fsp3) is 0.462. The Labute approximate surface area is 227 Å². The number of rotatable bonds is 6. The van der Waals surface area contributed by atoms with Crippen LogP contribution in [-0.4, -0.2) is 89.0 Å². The lowest BCUT2D eigenvalue weighted by Crippen LogP contribution is -2.35. The zero-order valence-electron chi connectivity index (χ0n) is 21.3. The third kappa shape index (κ3) is 5.66. The molecule has 0 aliphatic carbocycles. The Hall–Kier alpha value is -3.59. The number of anilines is 1. The maximum absolute atomic E-state index is 13.0. The number of aromatic nitrogens is 4. The summed E-state index contributed by atoms with van der Waals surface area (Å²) in [6.45, 7) is 4.43. The largest absolute Gasteiger partial charge is 0.441 e. The molecule has 1 N–H and O–H groups in total. The summed E-state index contributed by atoms with van der Waals surface area (Å²) >= 11 is 0. The van der Waals surface area contributed by atoms with Crippen LogP contribution in [0.3, 0.4) is 0 Å². The molecule has 0 saturated carbocycles. The van der Waals surface area contributed by atoms with Crippen LogP contribution in [0.25, 0.3) is 11.4 Å². The summed E-state index contributed by atoms with van der Waals surface area (Å²) < 4.78 is 63.3. The monoisotopic (exact) mass is 560 g/mol. The minimum absolute atomic E-state index is 0.0326. The van der Waals surface area contributed by atoms with E-state index in [1.165, 1.54) is 17.7 Å². The van der Waals surface area contributed by atoms with Crippen LogP contribution in [0.5, 0.6) is 0 Å². The van der Waals surface area contributed by atoms with Gasteiger partial charge in [0.2, 0.25) is 0 Å². The molecule has 0 spiro atoms. The second kappa shape index (κ2) is 11.1. The predicted octanol–water partition coefficient (Wildman–Crippen LogP) is 3.15. The lowest BCUT2D eigenvalue weighted by molar-refractivity contribution is -0.137. The standard InChI is InChI=1S/C26H27F3N6O5/c27-26(28,29)18-2-1-3-19(12-18)30-25(36)40-21-15-39-22-20(14-38-23(21)22)35-24(31-32-33-35)17-6-4-16(5-7-17)13-34-8-10-37-11-9-34/h1-7,12,20-23H,8-11,13-15H2,(H,30,36)/t20-,21+,22+,23+/m0/s1. The number of nitrogens with zero attached hydrogens (tertiary/aromatic N) is 5. The van der Waals surface area contributed by atoms with Crippen LogP contribution >= 0.6 is 0 Å². The molecule has 11 nitrogen and oxygen atoms in total. The van der Waals surface area contributed by atoms with Gasteiger partial charge < -0.3 is 18.9 Å². The first kappa shape index (κ1) is 26.6. The fourth-order valence-corrected chi connectivity index (χ4v) is 5.20. The number of hydrogen-bond donors (Lipinski definition) is 1. The highest BCUT2D eigenvalue weighted by Gasteiger charge is 2.51. The van der Waals surface area contributed by atoms with Gasteiger partial charge in [0.05, 0.1) is 32.0 Å². The number of nitrogens with one attached hydrogen (secondary N) is 1. The molecule has 3 aliphatic heterocycles. The van der Waals surface area contributed by atoms with E-state index < -0.39 is 36.1 Å². The molecule has 1 amide bonds. The average Bonchev–Trinajstić information content (AvgIpc) is 3.67. The van der Waals surface area contributed by atoms with Gasteiger partial charge in [-0.25, -0.2) is 9.48 Å². The Balaban J connectivity index is 1.08. The molecule has 3 aromatic rings. The Bertz CT molecular complexity index is 1330. The Morgan fingerprint density at radius 2 is 1.82 bits per heavy atom. The van der Waals surface area contributed by atoms with E-state index in [0.29, 0.717) is 5.82 Å². The summed E-state index contributed by atoms with van der Waals surface area (Å²) in [5.74, 6) is 0.558. The van der Waals surface area contributed by atoms with Crippen molar-refractivity contribution in [1.29, 1.82) is 0 Å². The highest BCUT2D eigenvalue weighted by Crippen LogP contribution is 2.37. The third-order valence-corrected chi connectivity index (χ3v) is 7.21. The summed E-state index contributed by atoms with van der Waals surface area (Å²) in [6, 6.07) is 12.0. The van der Waals surface area contributed by atoms with Crippen molar-refractivity contribution in [3.63, 3.8) is 0 Å². The van der Waals surface area contributed by atoms with Crippen LogP contribution in [0, 0.1) is 0 Å². The topological polar surface area (TPSA) is 113 Å². The number of alkyl halides is 3. The summed E-state index contributed by atoms with van der Waals surface area (Å²) in [7, 11) is 0. The van der Waals surface area contributed by atoms with E-state index in [2.05, 4.69) is 37.9 Å². The van der Waals surface area contributed by atoms with Gasteiger partial charge >= 0.3 is 12.3 Å². The predicted molar refractivity (Wildman–Crippen MR) is 133 cm³/mol. The van der Waals surface area contributed by atoms with Crippen LogP contribution < -0.4 is 5.32 Å². The second-order valence-electron chi connectivity index (χ2n) is 9.84. The zero-order chi connectivity index (χ0) is 27.7. The molecule has 4 heterocycles. The van der Waals surface area contributed by atoms with Crippen molar-refractivity contribution in [1.82, 2.24) is 25.1 Å². The van der Waals surface area contributed by atoms with Crippen molar-refractivity contribution < 1.29 is 36.9 Å². The van der Waals surface area contributed by atoms with E-state index in [1.54, 1.807) is 4.68 Å². The van der Waals surface area contributed by atoms with Gasteiger partial charge in [-0.1, -0.05) is 30.3 Å². The highest BCUT2D eigenvalue weighted by atomic mass is 19.4. The number of carbonyl (C=O) groups is 1. The van der Waals surface area contributed by atoms with Gasteiger partial charge in [0.15, 0.2) is 11.9 Å². The van der Waals surface area contributed by atoms with Gasteiger partial charge in [-0.3, -0.25) is 10.2 Å². The third-order valence-electron chi connectivity index (χ3n) is 7.21. The maximum Gasteiger partial charge on any atom is 0.416 e. The number of amides is 1. The Morgan fingerprint density at radius 1 is 1.05 bits per heavy atom. The summed E-state index contributed by atoms with van der Waals surface area (Å²) in [5, 5.41) is 14.6. The lowest BCUT2D eigenvalue weighted by Gasteiger charge is -2.26. The molecule has 1 aromatic heterocycles. The molecule has 0 unspecified atom stereocenters. The molecule has 40 heavy (non-hydrogen) atoms. The van der Waals surface area contributed by atoms with Crippen LogP contribution in [0.2, 0.25) is 0 Å². The van der Waals surface area contributed by atoms with Gasteiger partial charge in [0.25, 0.3) is 0 Å². The molecule has 2 aromatic carbocycles. The van der Waals surface area contributed by atoms with E-state index >= 15 is 0 Å². The second-order valence-corrected chi connectivity index (χ2v) is 9.84. The molecule has 4 atom stereocenters. The molecular weight excluding hydrogens is 533 g/mol. The zero-order valence-corrected chi connectivity index (χ0v) is 21.3. The number of hydrogen-bond acceptors (Lipinski definition) is 9. The Morgan fingerprint density at radius 3 is 2.60 bits per heavy atom. The van der Waals surface area contributed by atoms with E-state index in [4.69, 9.17) is 18.9 Å². The van der Waals surface area contributed by atoms with E-state index in [1.807, 2.05) is 12.1 Å².